The maximum absolute atomic E-state index is 2.67. The molecule has 0 atom stereocenters. The van der Waals surface area contributed by atoms with E-state index in [-0.39, 0.29) is 0 Å². The van der Waals surface area contributed by atoms with Crippen LogP contribution in [0.3, 0.4) is 0 Å². The molecule has 2 aliphatic heterocycles. The Bertz CT molecular complexity index is 700. The summed E-state index contributed by atoms with van der Waals surface area (Å²) in [6.45, 7) is 47.3. The molecule has 0 aromatic rings. The summed E-state index contributed by atoms with van der Waals surface area (Å²) in [7, 11) is -6.56. The zero-order valence-electron chi connectivity index (χ0n) is 24.0. The molecular formula is C26H54Si4. The summed E-state index contributed by atoms with van der Waals surface area (Å²) in [4.78, 5) is 4.20. The Kier molecular flexibility index (Phi) is 5.74. The Morgan fingerprint density at radius 3 is 0.667 bits per heavy atom. The Morgan fingerprint density at radius 1 is 0.400 bits per heavy atom. The molecule has 174 valence electrons. The van der Waals surface area contributed by atoms with E-state index in [4.69, 9.17) is 0 Å². The predicted molar refractivity (Wildman–Crippen MR) is 151 cm³/mol. The first kappa shape index (κ1) is 26.6. The molecule has 0 N–H and O–H groups in total. The number of allylic oxidation sites excluding steroid dienone is 2. The van der Waals surface area contributed by atoms with Gasteiger partial charge >= 0.3 is 0 Å². The highest BCUT2D eigenvalue weighted by molar-refractivity contribution is 7.28. The fraction of sp³-hybridized carbons (Fsp3) is 0.846. The van der Waals surface area contributed by atoms with Crippen LogP contribution in [0.2, 0.25) is 59.4 Å². The normalized spacial score (nSPS) is 22.6. The molecule has 0 saturated carbocycles. The van der Waals surface area contributed by atoms with E-state index in [1.54, 1.807) is 0 Å². The second kappa shape index (κ2) is 6.48. The molecule has 0 aliphatic carbocycles. The number of fused-ring (bicyclic) bond motifs is 1. The topological polar surface area (TPSA) is 0 Å². The van der Waals surface area contributed by atoms with Crippen LogP contribution >= 0.6 is 0 Å². The molecule has 0 saturated heterocycles. The molecule has 0 bridgehead atoms. The molecule has 0 radical (unpaired) electrons. The molecule has 2 aliphatic rings. The molecule has 2 heterocycles. The average molecular weight is 479 g/mol. The summed E-state index contributed by atoms with van der Waals surface area (Å²) in [5.74, 6) is 0. The highest BCUT2D eigenvalue weighted by atomic mass is 28.4. The van der Waals surface area contributed by atoms with Gasteiger partial charge in [0.05, 0.1) is 16.1 Å². The van der Waals surface area contributed by atoms with Crippen molar-refractivity contribution in [2.45, 2.75) is 143 Å². The average Bonchev–Trinajstić information content (AvgIpc) is 2.29. The van der Waals surface area contributed by atoms with Crippen molar-refractivity contribution in [3.05, 3.63) is 20.0 Å². The summed E-state index contributed by atoms with van der Waals surface area (Å²) in [5, 5.41) is 5.55. The van der Waals surface area contributed by atoms with Crippen molar-refractivity contribution in [2.24, 2.45) is 0 Å². The predicted octanol–water partition coefficient (Wildman–Crippen LogP) is 9.62. The Morgan fingerprint density at radius 2 is 0.567 bits per heavy atom. The quantitative estimate of drug-likeness (QED) is 0.346. The molecule has 4 heteroatoms. The fourth-order valence-corrected chi connectivity index (χ4v) is 45.0. The van der Waals surface area contributed by atoms with Gasteiger partial charge in [-0.15, -0.1) is 0 Å². The summed E-state index contributed by atoms with van der Waals surface area (Å²) >= 11 is 0. The van der Waals surface area contributed by atoms with E-state index in [1.807, 2.05) is 10.4 Å². The maximum atomic E-state index is 2.67. The van der Waals surface area contributed by atoms with Crippen LogP contribution in [0.1, 0.15) is 83.1 Å². The minimum atomic E-state index is -1.82. The third kappa shape index (κ3) is 2.98. The van der Waals surface area contributed by atoms with E-state index in [9.17, 15) is 0 Å². The van der Waals surface area contributed by atoms with Crippen LogP contribution in [0.5, 0.6) is 0 Å². The smallest absolute Gasteiger partial charge is 0.0857 e. The van der Waals surface area contributed by atoms with Crippen molar-refractivity contribution in [1.82, 2.24) is 0 Å². The van der Waals surface area contributed by atoms with Crippen molar-refractivity contribution in [1.29, 1.82) is 0 Å². The van der Waals surface area contributed by atoms with Crippen molar-refractivity contribution in [2.75, 3.05) is 0 Å². The molecule has 0 fully saturated rings. The Hall–Kier alpha value is 0.348. The first-order valence-corrected chi connectivity index (χ1v) is 23.2. The zero-order chi connectivity index (χ0) is 24.3. The van der Waals surface area contributed by atoms with E-state index < -0.39 is 32.3 Å². The fourth-order valence-electron chi connectivity index (χ4n) is 8.62. The van der Waals surface area contributed by atoms with Crippen LogP contribution in [-0.2, 0) is 0 Å². The van der Waals surface area contributed by atoms with Gasteiger partial charge in [0, 0.05) is 0 Å². The monoisotopic (exact) mass is 478 g/mol. The minimum Gasteiger partial charge on any atom is -0.0857 e. The molecule has 2 rings (SSSR count). The van der Waals surface area contributed by atoms with Gasteiger partial charge in [0.25, 0.3) is 0 Å². The SMILES string of the molecule is CC(C)(C)[Si]1(C(C)(C)C)C2=C([Si](C)(C)C)[Si](C(C)(C)C)(C(C)(C)C)C2=C1[Si](C)(C)C. The standard InChI is InChI=1S/C26H54Si4/c1-23(2,3)29(24(4,5)6)19-20(21(29)27(13,14)15)30(25(7,8)9,26(10,11)12)22(19)28(16,17)18/h1-18H3. The van der Waals surface area contributed by atoms with Crippen LogP contribution in [0.25, 0.3) is 0 Å². The highest BCUT2D eigenvalue weighted by Crippen LogP contribution is 2.79. The van der Waals surface area contributed by atoms with Crippen molar-refractivity contribution in [3.8, 4) is 0 Å². The third-order valence-electron chi connectivity index (χ3n) is 8.25. The Labute approximate surface area is 194 Å². The lowest BCUT2D eigenvalue weighted by Crippen LogP contribution is -2.81. The Balaban J connectivity index is 3.28. The number of hydrogen-bond acceptors (Lipinski definition) is 0. The molecule has 0 nitrogen and oxygen atoms in total. The maximum Gasteiger partial charge on any atom is 0.118 e. The van der Waals surface area contributed by atoms with Gasteiger partial charge in [0.15, 0.2) is 0 Å². The first-order chi connectivity index (χ1) is 12.7. The van der Waals surface area contributed by atoms with Crippen LogP contribution in [-0.4, -0.2) is 32.3 Å². The van der Waals surface area contributed by atoms with Gasteiger partial charge in [-0.2, -0.15) is 0 Å². The van der Waals surface area contributed by atoms with Gasteiger partial charge in [-0.3, -0.25) is 0 Å². The van der Waals surface area contributed by atoms with Gasteiger partial charge < -0.3 is 0 Å². The van der Waals surface area contributed by atoms with E-state index in [1.165, 1.54) is 0 Å². The first-order valence-electron chi connectivity index (χ1n) is 12.2. The number of rotatable bonds is 2. The molecule has 30 heavy (non-hydrogen) atoms. The van der Waals surface area contributed by atoms with Crippen LogP contribution in [0, 0.1) is 0 Å². The lowest BCUT2D eigenvalue weighted by molar-refractivity contribution is 0.599. The van der Waals surface area contributed by atoms with Crippen LogP contribution < -0.4 is 0 Å². The van der Waals surface area contributed by atoms with Gasteiger partial charge in [0.1, 0.15) is 16.1 Å². The zero-order valence-corrected chi connectivity index (χ0v) is 28.0. The molecule has 0 spiro atoms. The molecule has 0 unspecified atom stereocenters. The van der Waals surface area contributed by atoms with Crippen molar-refractivity contribution < 1.29 is 0 Å². The molecular weight excluding hydrogens is 425 g/mol. The van der Waals surface area contributed by atoms with E-state index in [2.05, 4.69) is 132 Å². The summed E-state index contributed by atoms with van der Waals surface area (Å²) in [5.41, 5.74) is 0. The second-order valence-corrected chi connectivity index (χ2v) is 38.5. The van der Waals surface area contributed by atoms with Crippen LogP contribution in [0.15, 0.2) is 20.0 Å². The summed E-state index contributed by atoms with van der Waals surface area (Å²) in [6.07, 6.45) is 0. The largest absolute Gasteiger partial charge is 0.118 e. The molecule has 0 aromatic heterocycles. The lowest BCUT2D eigenvalue weighted by Gasteiger charge is -2.78. The summed E-state index contributed by atoms with van der Waals surface area (Å²) < 4.78 is 0. The third-order valence-corrected chi connectivity index (χ3v) is 33.2. The van der Waals surface area contributed by atoms with Crippen molar-refractivity contribution >= 4 is 32.3 Å². The van der Waals surface area contributed by atoms with Gasteiger partial charge in [0.2, 0.25) is 0 Å². The van der Waals surface area contributed by atoms with Crippen LogP contribution in [0.4, 0.5) is 0 Å². The number of hydrogen-bond donors (Lipinski definition) is 0. The van der Waals surface area contributed by atoms with Gasteiger partial charge in [-0.25, -0.2) is 0 Å². The minimum absolute atomic E-state index is 0.376. The van der Waals surface area contributed by atoms with E-state index >= 15 is 0 Å². The van der Waals surface area contributed by atoms with Gasteiger partial charge in [-0.05, 0) is 20.2 Å². The lowest BCUT2D eigenvalue weighted by atomic mass is 10.2. The van der Waals surface area contributed by atoms with Gasteiger partial charge in [-0.1, -0.05) is 142 Å². The molecule has 0 amide bonds. The van der Waals surface area contributed by atoms with Crippen molar-refractivity contribution in [3.63, 3.8) is 0 Å². The van der Waals surface area contributed by atoms with E-state index in [0.717, 1.165) is 0 Å². The second-order valence-electron chi connectivity index (χ2n) is 16.5. The highest BCUT2D eigenvalue weighted by Gasteiger charge is 2.79. The molecule has 0 aromatic carbocycles. The van der Waals surface area contributed by atoms with E-state index in [0.29, 0.717) is 20.2 Å². The summed E-state index contributed by atoms with van der Waals surface area (Å²) in [6, 6.07) is 0.